The Hall–Kier alpha value is -2.75. The van der Waals surface area contributed by atoms with Crippen molar-refractivity contribution < 1.29 is 9.84 Å². The monoisotopic (exact) mass is 509 g/mol. The first-order valence-electron chi connectivity index (χ1n) is 11.8. The molecular weight excluding hydrogens is 481 g/mol. The van der Waals surface area contributed by atoms with E-state index < -0.39 is 6.10 Å². The minimum absolute atomic E-state index is 0.115. The van der Waals surface area contributed by atoms with Crippen LogP contribution in [0.5, 0.6) is 5.75 Å². The Bertz CT molecular complexity index is 1160. The molecule has 1 N–H and O–H groups in total. The van der Waals surface area contributed by atoms with Gasteiger partial charge in [-0.1, -0.05) is 47.5 Å². The highest BCUT2D eigenvalue weighted by Crippen LogP contribution is 2.37. The van der Waals surface area contributed by atoms with Crippen molar-refractivity contribution in [3.8, 4) is 11.8 Å². The molecule has 0 bridgehead atoms. The van der Waals surface area contributed by atoms with Crippen molar-refractivity contribution in [3.63, 3.8) is 0 Å². The second kappa shape index (κ2) is 11.8. The van der Waals surface area contributed by atoms with Crippen LogP contribution in [0.25, 0.3) is 0 Å². The Labute approximate surface area is 217 Å². The summed E-state index contributed by atoms with van der Waals surface area (Å²) in [6, 6.07) is 23.8. The van der Waals surface area contributed by atoms with Crippen LogP contribution in [0.2, 0.25) is 10.0 Å². The zero-order chi connectivity index (χ0) is 24.8. The first-order valence-corrected chi connectivity index (χ1v) is 12.5. The van der Waals surface area contributed by atoms with Crippen LogP contribution in [0.4, 0.5) is 5.69 Å². The van der Waals surface area contributed by atoms with Crippen LogP contribution in [0, 0.1) is 11.3 Å². The Morgan fingerprint density at radius 3 is 2.46 bits per heavy atom. The smallest absolute Gasteiger partial charge is 0.121 e. The number of aliphatic hydroxyl groups excluding tert-OH is 1. The minimum atomic E-state index is -0.542. The van der Waals surface area contributed by atoms with E-state index in [4.69, 9.17) is 33.2 Å². The molecular formula is C28H29Cl2N3O2. The molecule has 1 unspecified atom stereocenters. The normalized spacial score (nSPS) is 17.1. The molecule has 1 aliphatic rings. The van der Waals surface area contributed by atoms with Crippen molar-refractivity contribution in [2.75, 3.05) is 37.7 Å². The summed E-state index contributed by atoms with van der Waals surface area (Å²) in [5, 5.41) is 19.9. The van der Waals surface area contributed by atoms with Gasteiger partial charge in [0.2, 0.25) is 0 Å². The Balaban J connectivity index is 1.51. The summed E-state index contributed by atoms with van der Waals surface area (Å²) < 4.78 is 5.63. The number of aliphatic hydroxyl groups is 1. The lowest BCUT2D eigenvalue weighted by atomic mass is 10.0. The van der Waals surface area contributed by atoms with E-state index in [1.807, 2.05) is 54.6 Å². The SMILES string of the molecule is CC(O)COc1ccc(N2CCN(CCc3ccc(C#N)cc3)C[C@H]2c2ccc(Cl)cc2)c(Cl)c1. The van der Waals surface area contributed by atoms with Gasteiger partial charge >= 0.3 is 0 Å². The fourth-order valence-corrected chi connectivity index (χ4v) is 4.77. The first-order chi connectivity index (χ1) is 16.9. The third kappa shape index (κ3) is 6.68. The third-order valence-corrected chi connectivity index (χ3v) is 6.79. The molecule has 1 heterocycles. The van der Waals surface area contributed by atoms with E-state index >= 15 is 0 Å². The topological polar surface area (TPSA) is 59.7 Å². The third-order valence-electron chi connectivity index (χ3n) is 6.24. The Morgan fingerprint density at radius 2 is 1.80 bits per heavy atom. The van der Waals surface area contributed by atoms with Crippen LogP contribution < -0.4 is 9.64 Å². The van der Waals surface area contributed by atoms with Crippen molar-refractivity contribution in [2.24, 2.45) is 0 Å². The maximum absolute atomic E-state index is 9.49. The number of ether oxygens (including phenoxy) is 1. The number of hydrogen-bond acceptors (Lipinski definition) is 5. The molecule has 3 aromatic carbocycles. The quantitative estimate of drug-likeness (QED) is 0.420. The van der Waals surface area contributed by atoms with Crippen molar-refractivity contribution in [2.45, 2.75) is 25.5 Å². The van der Waals surface area contributed by atoms with Crippen LogP contribution >= 0.6 is 23.2 Å². The van der Waals surface area contributed by atoms with E-state index in [0.29, 0.717) is 21.4 Å². The molecule has 7 heteroatoms. The average Bonchev–Trinajstić information content (AvgIpc) is 2.87. The number of anilines is 1. The van der Waals surface area contributed by atoms with Gasteiger partial charge in [0.25, 0.3) is 0 Å². The van der Waals surface area contributed by atoms with Crippen LogP contribution in [-0.4, -0.2) is 48.9 Å². The zero-order valence-corrected chi connectivity index (χ0v) is 21.2. The Morgan fingerprint density at radius 1 is 1.06 bits per heavy atom. The molecule has 2 atom stereocenters. The summed E-state index contributed by atoms with van der Waals surface area (Å²) in [6.07, 6.45) is 0.384. The zero-order valence-electron chi connectivity index (χ0n) is 19.7. The molecule has 0 spiro atoms. The van der Waals surface area contributed by atoms with Crippen LogP contribution in [0.1, 0.15) is 29.7 Å². The molecule has 3 aromatic rings. The highest BCUT2D eigenvalue weighted by molar-refractivity contribution is 6.33. The number of piperazine rings is 1. The lowest BCUT2D eigenvalue weighted by molar-refractivity contribution is 0.123. The fourth-order valence-electron chi connectivity index (χ4n) is 4.36. The van der Waals surface area contributed by atoms with Gasteiger partial charge in [-0.05, 0) is 60.9 Å². The van der Waals surface area contributed by atoms with Gasteiger partial charge in [0.1, 0.15) is 12.4 Å². The summed E-state index contributed by atoms with van der Waals surface area (Å²) >= 11 is 12.9. The molecule has 35 heavy (non-hydrogen) atoms. The standard InChI is InChI=1S/C28H29Cl2N3O2/c1-20(34)19-35-25-10-11-27(26(30)16-25)33-15-14-32(13-12-21-2-4-22(17-31)5-3-21)18-28(33)23-6-8-24(29)9-7-23/h2-11,16,20,28,34H,12-15,18-19H2,1H3/t20?,28-/m0/s1. The largest absolute Gasteiger partial charge is 0.491 e. The van der Waals surface area contributed by atoms with Gasteiger partial charge in [-0.2, -0.15) is 5.26 Å². The molecule has 0 aliphatic carbocycles. The number of rotatable bonds is 8. The molecule has 0 radical (unpaired) electrons. The molecule has 1 saturated heterocycles. The van der Waals surface area contributed by atoms with Crippen LogP contribution in [-0.2, 0) is 6.42 Å². The van der Waals surface area contributed by atoms with Gasteiger partial charge < -0.3 is 14.7 Å². The number of halogens is 2. The number of nitriles is 1. The predicted octanol–water partition coefficient (Wildman–Crippen LogP) is 5.73. The van der Waals surface area contributed by atoms with Gasteiger partial charge in [0, 0.05) is 37.3 Å². The van der Waals surface area contributed by atoms with Crippen LogP contribution in [0.15, 0.2) is 66.7 Å². The van der Waals surface area contributed by atoms with Crippen molar-refractivity contribution in [1.29, 1.82) is 5.26 Å². The van der Waals surface area contributed by atoms with Gasteiger partial charge in [-0.15, -0.1) is 0 Å². The summed E-state index contributed by atoms with van der Waals surface area (Å²) in [4.78, 5) is 4.82. The highest BCUT2D eigenvalue weighted by Gasteiger charge is 2.29. The number of hydrogen-bond donors (Lipinski definition) is 1. The summed E-state index contributed by atoms with van der Waals surface area (Å²) in [5.74, 6) is 0.642. The minimum Gasteiger partial charge on any atom is -0.491 e. The van der Waals surface area contributed by atoms with Crippen LogP contribution in [0.3, 0.4) is 0 Å². The second-order valence-electron chi connectivity index (χ2n) is 8.89. The van der Waals surface area contributed by atoms with Gasteiger partial charge in [-0.3, -0.25) is 4.90 Å². The Kier molecular flexibility index (Phi) is 8.54. The van der Waals surface area contributed by atoms with E-state index in [9.17, 15) is 5.11 Å². The first kappa shape index (κ1) is 25.3. The lowest BCUT2D eigenvalue weighted by Gasteiger charge is -2.43. The van der Waals surface area contributed by atoms with E-state index in [1.165, 1.54) is 11.1 Å². The molecule has 4 rings (SSSR count). The molecule has 1 aliphatic heterocycles. The maximum atomic E-state index is 9.49. The summed E-state index contributed by atoms with van der Waals surface area (Å²) in [7, 11) is 0. The second-order valence-corrected chi connectivity index (χ2v) is 9.74. The average molecular weight is 510 g/mol. The molecule has 0 saturated carbocycles. The number of nitrogens with zero attached hydrogens (tertiary/aromatic N) is 3. The molecule has 0 aromatic heterocycles. The van der Waals surface area contributed by atoms with Gasteiger partial charge in [0.05, 0.1) is 34.5 Å². The predicted molar refractivity (Wildman–Crippen MR) is 141 cm³/mol. The van der Waals surface area contributed by atoms with Crippen molar-refractivity contribution in [1.82, 2.24) is 4.90 Å². The van der Waals surface area contributed by atoms with E-state index in [1.54, 1.807) is 6.92 Å². The summed E-state index contributed by atoms with van der Waals surface area (Å²) in [5.41, 5.74) is 4.06. The van der Waals surface area contributed by atoms with E-state index in [2.05, 4.69) is 28.0 Å². The lowest BCUT2D eigenvalue weighted by Crippen LogP contribution is -2.49. The molecule has 0 amide bonds. The van der Waals surface area contributed by atoms with Crippen molar-refractivity contribution in [3.05, 3.63) is 93.5 Å². The fraction of sp³-hybridized carbons (Fsp3) is 0.321. The van der Waals surface area contributed by atoms with Crippen molar-refractivity contribution >= 4 is 28.9 Å². The maximum Gasteiger partial charge on any atom is 0.121 e. The highest BCUT2D eigenvalue weighted by atomic mass is 35.5. The molecule has 182 valence electrons. The van der Waals surface area contributed by atoms with Gasteiger partial charge in [-0.25, -0.2) is 0 Å². The number of benzene rings is 3. The molecule has 1 fully saturated rings. The van der Waals surface area contributed by atoms with E-state index in [0.717, 1.165) is 38.3 Å². The summed E-state index contributed by atoms with van der Waals surface area (Å²) in [6.45, 7) is 5.44. The van der Waals surface area contributed by atoms with Gasteiger partial charge in [0.15, 0.2) is 0 Å². The van der Waals surface area contributed by atoms with E-state index in [-0.39, 0.29) is 12.6 Å². The molecule has 5 nitrogen and oxygen atoms in total.